The van der Waals surface area contributed by atoms with Crippen LogP contribution in [0.2, 0.25) is 0 Å². The third-order valence-electron chi connectivity index (χ3n) is 3.21. The number of rotatable bonds is 5. The Hall–Kier alpha value is -0.490. The third-order valence-corrected chi connectivity index (χ3v) is 4.11. The molecule has 2 aliphatic rings. The van der Waals surface area contributed by atoms with Crippen LogP contribution in [0.3, 0.4) is 0 Å². The molecule has 3 rings (SSSR count). The molecule has 1 aliphatic heterocycles. The van der Waals surface area contributed by atoms with Crippen LogP contribution in [-0.4, -0.2) is 42.2 Å². The lowest BCUT2D eigenvalue weighted by Gasteiger charge is -2.25. The molecule has 94 valence electrons. The highest BCUT2D eigenvalue weighted by molar-refractivity contribution is 7.09. The van der Waals surface area contributed by atoms with Crippen molar-refractivity contribution in [2.24, 2.45) is 0 Å². The Morgan fingerprint density at radius 2 is 2.24 bits per heavy atom. The number of hydrogen-bond acceptors (Lipinski definition) is 5. The van der Waals surface area contributed by atoms with Gasteiger partial charge in [-0.25, -0.2) is 4.98 Å². The van der Waals surface area contributed by atoms with Crippen LogP contribution in [0.4, 0.5) is 0 Å². The molecule has 17 heavy (non-hydrogen) atoms. The molecule has 1 saturated heterocycles. The highest BCUT2D eigenvalue weighted by atomic mass is 32.1. The maximum absolute atomic E-state index is 5.34. The van der Waals surface area contributed by atoms with Gasteiger partial charge in [0.1, 0.15) is 5.01 Å². The Kier molecular flexibility index (Phi) is 3.71. The van der Waals surface area contributed by atoms with Gasteiger partial charge < -0.3 is 10.1 Å². The van der Waals surface area contributed by atoms with Gasteiger partial charge in [0.2, 0.25) is 0 Å². The minimum atomic E-state index is 0.765. The number of nitrogens with zero attached hydrogens (tertiary/aromatic N) is 2. The van der Waals surface area contributed by atoms with Crippen LogP contribution >= 0.6 is 11.3 Å². The number of ether oxygens (including phenoxy) is 1. The van der Waals surface area contributed by atoms with E-state index in [1.54, 1.807) is 11.3 Å². The Bertz CT molecular complexity index is 358. The molecule has 0 spiro atoms. The predicted octanol–water partition coefficient (Wildman–Crippen LogP) is 1.23. The monoisotopic (exact) mass is 253 g/mol. The molecule has 1 saturated carbocycles. The largest absolute Gasteiger partial charge is 0.379 e. The number of nitrogens with one attached hydrogen (secondary N) is 1. The molecule has 0 aromatic carbocycles. The van der Waals surface area contributed by atoms with Crippen molar-refractivity contribution in [3.63, 3.8) is 0 Å². The van der Waals surface area contributed by atoms with Gasteiger partial charge in [0.05, 0.1) is 18.9 Å². The second kappa shape index (κ2) is 5.44. The van der Waals surface area contributed by atoms with E-state index < -0.39 is 0 Å². The molecule has 0 unspecified atom stereocenters. The molecule has 1 aromatic rings. The average molecular weight is 253 g/mol. The van der Waals surface area contributed by atoms with Crippen LogP contribution < -0.4 is 5.32 Å². The van der Waals surface area contributed by atoms with Gasteiger partial charge in [-0.05, 0) is 12.8 Å². The van der Waals surface area contributed by atoms with Gasteiger partial charge >= 0.3 is 0 Å². The highest BCUT2D eigenvalue weighted by Crippen LogP contribution is 2.20. The molecule has 0 radical (unpaired) electrons. The molecule has 0 atom stereocenters. The third kappa shape index (κ3) is 3.48. The standard InChI is InChI=1S/C12H19N3OS/c1-2-10(1)13-7-12-14-11(9-17-12)8-15-3-5-16-6-4-15/h9-10,13H,1-8H2. The fourth-order valence-corrected chi connectivity index (χ4v) is 2.75. The minimum Gasteiger partial charge on any atom is -0.379 e. The van der Waals surface area contributed by atoms with Crippen molar-refractivity contribution in [3.8, 4) is 0 Å². The molecule has 2 fully saturated rings. The molecule has 1 N–H and O–H groups in total. The van der Waals surface area contributed by atoms with Gasteiger partial charge in [0.15, 0.2) is 0 Å². The summed E-state index contributed by atoms with van der Waals surface area (Å²) in [6, 6.07) is 0.765. The summed E-state index contributed by atoms with van der Waals surface area (Å²) in [4.78, 5) is 7.09. The summed E-state index contributed by atoms with van der Waals surface area (Å²) in [5.41, 5.74) is 1.21. The first-order chi connectivity index (χ1) is 8.40. The smallest absolute Gasteiger partial charge is 0.107 e. The van der Waals surface area contributed by atoms with Crippen LogP contribution in [0.15, 0.2) is 5.38 Å². The van der Waals surface area contributed by atoms with Gasteiger partial charge in [0.25, 0.3) is 0 Å². The fraction of sp³-hybridized carbons (Fsp3) is 0.750. The van der Waals surface area contributed by atoms with E-state index in [-0.39, 0.29) is 0 Å². The topological polar surface area (TPSA) is 37.4 Å². The second-order valence-corrected chi connectivity index (χ2v) is 5.72. The van der Waals surface area contributed by atoms with E-state index in [0.29, 0.717) is 0 Å². The fourth-order valence-electron chi connectivity index (χ4n) is 2.01. The summed E-state index contributed by atoms with van der Waals surface area (Å²) in [5, 5.41) is 6.92. The van der Waals surface area contributed by atoms with Crippen molar-refractivity contribution < 1.29 is 4.74 Å². The van der Waals surface area contributed by atoms with E-state index in [1.165, 1.54) is 23.5 Å². The van der Waals surface area contributed by atoms with Crippen molar-refractivity contribution >= 4 is 11.3 Å². The maximum atomic E-state index is 5.34. The van der Waals surface area contributed by atoms with E-state index in [0.717, 1.165) is 45.4 Å². The first-order valence-electron chi connectivity index (χ1n) is 6.37. The van der Waals surface area contributed by atoms with Gasteiger partial charge in [-0.2, -0.15) is 0 Å². The molecule has 5 heteroatoms. The zero-order chi connectivity index (χ0) is 11.5. The summed E-state index contributed by atoms with van der Waals surface area (Å²) in [7, 11) is 0. The number of morpholine rings is 1. The lowest BCUT2D eigenvalue weighted by Crippen LogP contribution is -2.35. The predicted molar refractivity (Wildman–Crippen MR) is 68.1 cm³/mol. The second-order valence-electron chi connectivity index (χ2n) is 4.78. The summed E-state index contributed by atoms with van der Waals surface area (Å²) in [6.45, 7) is 5.71. The number of thiazole rings is 1. The van der Waals surface area contributed by atoms with Gasteiger partial charge in [0, 0.05) is 37.6 Å². The Balaban J connectivity index is 1.48. The van der Waals surface area contributed by atoms with Crippen LogP contribution in [0.25, 0.3) is 0 Å². The summed E-state index contributed by atoms with van der Waals surface area (Å²) >= 11 is 1.78. The van der Waals surface area contributed by atoms with Gasteiger partial charge in [-0.3, -0.25) is 4.90 Å². The molecule has 1 aromatic heterocycles. The summed E-state index contributed by atoms with van der Waals surface area (Å²) < 4.78 is 5.34. The Morgan fingerprint density at radius 1 is 1.41 bits per heavy atom. The molecule has 0 amide bonds. The van der Waals surface area contributed by atoms with E-state index >= 15 is 0 Å². The quantitative estimate of drug-likeness (QED) is 0.856. The van der Waals surface area contributed by atoms with Crippen molar-refractivity contribution in [1.29, 1.82) is 0 Å². The van der Waals surface area contributed by atoms with E-state index in [2.05, 4.69) is 20.6 Å². The lowest BCUT2D eigenvalue weighted by atomic mass is 10.3. The molecule has 4 nitrogen and oxygen atoms in total. The summed E-state index contributed by atoms with van der Waals surface area (Å²) in [6.07, 6.45) is 2.68. The minimum absolute atomic E-state index is 0.765. The van der Waals surface area contributed by atoms with Crippen molar-refractivity contribution in [3.05, 3.63) is 16.1 Å². The normalized spacial score (nSPS) is 21.9. The number of hydrogen-bond donors (Lipinski definition) is 1. The van der Waals surface area contributed by atoms with Crippen molar-refractivity contribution in [2.45, 2.75) is 32.0 Å². The van der Waals surface area contributed by atoms with E-state index in [4.69, 9.17) is 4.74 Å². The average Bonchev–Trinajstić information content (AvgIpc) is 3.09. The van der Waals surface area contributed by atoms with Crippen LogP contribution in [-0.2, 0) is 17.8 Å². The van der Waals surface area contributed by atoms with Crippen molar-refractivity contribution in [2.75, 3.05) is 26.3 Å². The first-order valence-corrected chi connectivity index (χ1v) is 7.25. The Morgan fingerprint density at radius 3 is 3.00 bits per heavy atom. The van der Waals surface area contributed by atoms with E-state index in [1.807, 2.05) is 0 Å². The van der Waals surface area contributed by atoms with E-state index in [9.17, 15) is 0 Å². The Labute approximate surface area is 106 Å². The first kappa shape index (κ1) is 11.6. The molecule has 2 heterocycles. The zero-order valence-corrected chi connectivity index (χ0v) is 10.8. The zero-order valence-electron chi connectivity index (χ0n) is 10.0. The lowest BCUT2D eigenvalue weighted by molar-refractivity contribution is 0.0337. The number of aromatic nitrogens is 1. The molecule has 0 bridgehead atoms. The molecule has 1 aliphatic carbocycles. The molecular weight excluding hydrogens is 234 g/mol. The highest BCUT2D eigenvalue weighted by Gasteiger charge is 2.20. The van der Waals surface area contributed by atoms with Crippen molar-refractivity contribution in [1.82, 2.24) is 15.2 Å². The van der Waals surface area contributed by atoms with Gasteiger partial charge in [-0.1, -0.05) is 0 Å². The van der Waals surface area contributed by atoms with Gasteiger partial charge in [-0.15, -0.1) is 11.3 Å². The van der Waals surface area contributed by atoms with Crippen LogP contribution in [0, 0.1) is 0 Å². The van der Waals surface area contributed by atoms with Crippen LogP contribution in [0.5, 0.6) is 0 Å². The molecular formula is C12H19N3OS. The SMILES string of the molecule is c1sc(CNC2CC2)nc1CN1CCOCC1. The summed E-state index contributed by atoms with van der Waals surface area (Å²) in [5.74, 6) is 0. The van der Waals surface area contributed by atoms with Crippen LogP contribution in [0.1, 0.15) is 23.5 Å². The maximum Gasteiger partial charge on any atom is 0.107 e.